The van der Waals surface area contributed by atoms with Gasteiger partial charge in [0.2, 0.25) is 10.0 Å². The number of sulfonamides is 1. The van der Waals surface area contributed by atoms with Gasteiger partial charge in [-0.25, -0.2) is 17.9 Å². The van der Waals surface area contributed by atoms with E-state index < -0.39 is 27.3 Å². The molecule has 0 bridgehead atoms. The highest BCUT2D eigenvalue weighted by molar-refractivity contribution is 14.0. The summed E-state index contributed by atoms with van der Waals surface area (Å²) >= 11 is 0. The molecule has 0 unspecified atom stereocenters. The summed E-state index contributed by atoms with van der Waals surface area (Å²) in [7, 11) is -1.70. The number of nitrogens with zero attached hydrogens (tertiary/aromatic N) is 1. The normalized spacial score (nSPS) is 15.7. The van der Waals surface area contributed by atoms with Crippen LogP contribution >= 0.6 is 24.0 Å². The van der Waals surface area contributed by atoms with Gasteiger partial charge >= 0.3 is 6.09 Å². The lowest BCUT2D eigenvalue weighted by Crippen LogP contribution is -2.54. The van der Waals surface area contributed by atoms with Crippen LogP contribution in [0.5, 0.6) is 0 Å². The summed E-state index contributed by atoms with van der Waals surface area (Å²) < 4.78 is 32.0. The first-order valence-electron chi connectivity index (χ1n) is 9.75. The van der Waals surface area contributed by atoms with E-state index in [4.69, 9.17) is 4.74 Å². The molecule has 0 radical (unpaired) electrons. The third-order valence-corrected chi connectivity index (χ3v) is 5.59. The molecule has 0 spiro atoms. The SMILES string of the molecule is CN=C(NCCS(=O)(=O)NCC1CCC1)NCC(C)(C)NC(=O)OC(C)(C)C.I. The first kappa shape index (κ1) is 28.2. The Balaban J connectivity index is 0.00000784. The van der Waals surface area contributed by atoms with Crippen LogP contribution in [-0.2, 0) is 14.8 Å². The maximum atomic E-state index is 12.0. The van der Waals surface area contributed by atoms with E-state index in [0.717, 1.165) is 12.8 Å². The Morgan fingerprint density at radius 3 is 2.24 bits per heavy atom. The monoisotopic (exact) mass is 547 g/mol. The highest BCUT2D eigenvalue weighted by atomic mass is 127. The van der Waals surface area contributed by atoms with Gasteiger partial charge in [-0.2, -0.15) is 0 Å². The Kier molecular flexibility index (Phi) is 11.8. The molecule has 4 N–H and O–H groups in total. The van der Waals surface area contributed by atoms with Crippen LogP contribution in [0.4, 0.5) is 4.79 Å². The van der Waals surface area contributed by atoms with Gasteiger partial charge in [0.15, 0.2) is 5.96 Å². The largest absolute Gasteiger partial charge is 0.444 e. The van der Waals surface area contributed by atoms with Gasteiger partial charge in [0.05, 0.1) is 11.3 Å². The zero-order valence-corrected chi connectivity index (χ0v) is 21.6. The number of alkyl carbamates (subject to hydrolysis) is 1. The van der Waals surface area contributed by atoms with Crippen LogP contribution in [0, 0.1) is 5.92 Å². The van der Waals surface area contributed by atoms with E-state index in [-0.39, 0.29) is 36.3 Å². The molecule has 1 aliphatic carbocycles. The molecule has 0 saturated heterocycles. The Labute approximate surface area is 192 Å². The van der Waals surface area contributed by atoms with Crippen molar-refractivity contribution >= 4 is 46.1 Å². The Bertz CT molecular complexity index is 643. The van der Waals surface area contributed by atoms with Gasteiger partial charge in [-0.3, -0.25) is 4.99 Å². The summed E-state index contributed by atoms with van der Waals surface area (Å²) in [5.74, 6) is 0.921. The minimum Gasteiger partial charge on any atom is -0.444 e. The molecule has 1 rings (SSSR count). The van der Waals surface area contributed by atoms with Gasteiger partial charge in [-0.1, -0.05) is 6.42 Å². The molecular weight excluding hydrogens is 509 g/mol. The number of hydrogen-bond acceptors (Lipinski definition) is 5. The van der Waals surface area contributed by atoms with E-state index >= 15 is 0 Å². The van der Waals surface area contributed by atoms with E-state index in [1.54, 1.807) is 27.8 Å². The van der Waals surface area contributed by atoms with E-state index in [1.165, 1.54) is 6.42 Å². The van der Waals surface area contributed by atoms with Crippen LogP contribution < -0.4 is 20.7 Å². The highest BCUT2D eigenvalue weighted by Crippen LogP contribution is 2.25. The Morgan fingerprint density at radius 2 is 1.76 bits per heavy atom. The topological polar surface area (TPSA) is 121 Å². The zero-order valence-electron chi connectivity index (χ0n) is 18.4. The maximum absolute atomic E-state index is 12.0. The standard InChI is InChI=1S/C18H37N5O4S.HI/c1-17(2,3)27-16(24)23-18(4,5)13-21-15(19-6)20-10-11-28(25,26)22-12-14-8-7-9-14;/h14,22H,7-13H2,1-6H3,(H,23,24)(H2,19,20,21);1H. The molecule has 1 saturated carbocycles. The van der Waals surface area contributed by atoms with Crippen LogP contribution in [0.15, 0.2) is 4.99 Å². The number of nitrogens with one attached hydrogen (secondary N) is 4. The molecule has 0 aromatic rings. The summed E-state index contributed by atoms with van der Waals surface area (Å²) in [6.07, 6.45) is 2.90. The van der Waals surface area contributed by atoms with Gasteiger partial charge in [0, 0.05) is 26.7 Å². The number of ether oxygens (including phenoxy) is 1. The molecule has 1 amide bonds. The number of amides is 1. The van der Waals surface area contributed by atoms with Crippen LogP contribution in [0.3, 0.4) is 0 Å². The Hall–Kier alpha value is -0.820. The lowest BCUT2D eigenvalue weighted by Gasteiger charge is -2.29. The van der Waals surface area contributed by atoms with Crippen molar-refractivity contribution in [1.82, 2.24) is 20.7 Å². The third-order valence-electron chi connectivity index (χ3n) is 4.24. The first-order chi connectivity index (χ1) is 12.8. The van der Waals surface area contributed by atoms with Crippen molar-refractivity contribution in [1.29, 1.82) is 0 Å². The van der Waals surface area contributed by atoms with Crippen molar-refractivity contribution < 1.29 is 17.9 Å². The average molecular weight is 548 g/mol. The second-order valence-corrected chi connectivity index (χ2v) is 10.8. The molecule has 29 heavy (non-hydrogen) atoms. The predicted molar refractivity (Wildman–Crippen MR) is 127 cm³/mol. The maximum Gasteiger partial charge on any atom is 0.408 e. The molecule has 172 valence electrons. The summed E-state index contributed by atoms with van der Waals surface area (Å²) in [4.78, 5) is 16.0. The second kappa shape index (κ2) is 12.1. The average Bonchev–Trinajstić information content (AvgIpc) is 2.46. The van der Waals surface area contributed by atoms with Gasteiger partial charge in [-0.15, -0.1) is 24.0 Å². The highest BCUT2D eigenvalue weighted by Gasteiger charge is 2.25. The molecule has 0 aromatic heterocycles. The molecule has 1 fully saturated rings. The zero-order chi connectivity index (χ0) is 21.4. The molecule has 0 aliphatic heterocycles. The minimum atomic E-state index is -3.30. The molecule has 0 heterocycles. The number of hydrogen-bond donors (Lipinski definition) is 4. The summed E-state index contributed by atoms with van der Waals surface area (Å²) in [5, 5.41) is 8.87. The van der Waals surface area contributed by atoms with Crippen molar-refractivity contribution in [2.45, 2.75) is 65.0 Å². The van der Waals surface area contributed by atoms with Gasteiger partial charge in [0.25, 0.3) is 0 Å². The fourth-order valence-corrected chi connectivity index (χ4v) is 3.47. The fourth-order valence-electron chi connectivity index (χ4n) is 2.47. The number of halogens is 1. The van der Waals surface area contributed by atoms with E-state index in [1.807, 2.05) is 13.8 Å². The quantitative estimate of drug-likeness (QED) is 0.199. The first-order valence-corrected chi connectivity index (χ1v) is 11.4. The number of carbonyl (C=O) groups excluding carboxylic acids is 1. The number of carbonyl (C=O) groups is 1. The summed E-state index contributed by atoms with van der Waals surface area (Å²) in [6.45, 7) is 10.3. The van der Waals surface area contributed by atoms with Crippen molar-refractivity contribution in [3.63, 3.8) is 0 Å². The van der Waals surface area contributed by atoms with E-state index in [9.17, 15) is 13.2 Å². The van der Waals surface area contributed by atoms with E-state index in [0.29, 0.717) is 25.0 Å². The number of aliphatic imine (C=N–C) groups is 1. The van der Waals surface area contributed by atoms with E-state index in [2.05, 4.69) is 25.7 Å². The van der Waals surface area contributed by atoms with Crippen molar-refractivity contribution in [2.24, 2.45) is 10.9 Å². The number of guanidine groups is 1. The van der Waals surface area contributed by atoms with Gasteiger partial charge in [-0.05, 0) is 53.4 Å². The van der Waals surface area contributed by atoms with Crippen LogP contribution in [-0.4, -0.2) is 64.0 Å². The molecule has 1 aliphatic rings. The molecule has 11 heteroatoms. The van der Waals surface area contributed by atoms with Crippen molar-refractivity contribution in [3.8, 4) is 0 Å². The fraction of sp³-hybridized carbons (Fsp3) is 0.889. The minimum absolute atomic E-state index is 0. The lowest BCUT2D eigenvalue weighted by molar-refractivity contribution is 0.0474. The molecule has 0 atom stereocenters. The van der Waals surface area contributed by atoms with Crippen LogP contribution in [0.2, 0.25) is 0 Å². The van der Waals surface area contributed by atoms with Gasteiger partial charge < -0.3 is 20.7 Å². The summed E-state index contributed by atoms with van der Waals surface area (Å²) in [5.41, 5.74) is -1.15. The molecular formula is C18H38IN5O4S. The van der Waals surface area contributed by atoms with Crippen LogP contribution in [0.1, 0.15) is 53.9 Å². The summed E-state index contributed by atoms with van der Waals surface area (Å²) in [6, 6.07) is 0. The van der Waals surface area contributed by atoms with Crippen molar-refractivity contribution in [3.05, 3.63) is 0 Å². The third kappa shape index (κ3) is 13.2. The second-order valence-electron chi connectivity index (χ2n) is 8.83. The smallest absolute Gasteiger partial charge is 0.408 e. The Morgan fingerprint density at radius 1 is 1.14 bits per heavy atom. The van der Waals surface area contributed by atoms with Gasteiger partial charge in [0.1, 0.15) is 5.60 Å². The molecule has 0 aromatic carbocycles. The van der Waals surface area contributed by atoms with Crippen LogP contribution in [0.25, 0.3) is 0 Å². The molecule has 9 nitrogen and oxygen atoms in total. The van der Waals surface area contributed by atoms with Crippen molar-refractivity contribution in [2.75, 3.05) is 32.4 Å². The predicted octanol–water partition coefficient (Wildman–Crippen LogP) is 1.79. The number of rotatable bonds is 9. The lowest BCUT2D eigenvalue weighted by atomic mass is 9.86.